The summed E-state index contributed by atoms with van der Waals surface area (Å²) in [4.78, 5) is 0. The Morgan fingerprint density at radius 1 is 1.09 bits per heavy atom. The molecule has 0 aromatic carbocycles. The van der Waals surface area contributed by atoms with Crippen molar-refractivity contribution in [2.45, 2.75) is 39.5 Å². The Hall–Kier alpha value is 0.290. The highest BCUT2D eigenvalue weighted by Gasteiger charge is 2.22. The largest absolute Gasteiger partial charge is 0.127 e. The van der Waals surface area contributed by atoms with Crippen LogP contribution in [0.5, 0.6) is 0 Å². The Morgan fingerprint density at radius 2 is 1.64 bits per heavy atom. The van der Waals surface area contributed by atoms with E-state index in [2.05, 4.69) is 13.8 Å². The molecule has 11 heavy (non-hydrogen) atoms. The Balaban J connectivity index is 2.30. The third-order valence-electron chi connectivity index (χ3n) is 2.79. The van der Waals surface area contributed by atoms with Crippen molar-refractivity contribution in [1.29, 1.82) is 0 Å². The molecule has 0 aliphatic heterocycles. The van der Waals surface area contributed by atoms with E-state index >= 15 is 0 Å². The normalized spacial score (nSPS) is 39.0. The monoisotopic (exact) mass is 174 g/mol. The molecule has 1 aliphatic carbocycles. The van der Waals surface area contributed by atoms with E-state index in [4.69, 9.17) is 11.6 Å². The van der Waals surface area contributed by atoms with E-state index in [1.807, 2.05) is 0 Å². The molecular weight excluding hydrogens is 156 g/mol. The number of hydrogen-bond donors (Lipinski definition) is 0. The van der Waals surface area contributed by atoms with Gasteiger partial charge in [-0.25, -0.2) is 0 Å². The molecule has 0 N–H and O–H groups in total. The fraction of sp³-hybridized carbons (Fsp3) is 1.00. The number of rotatable bonds is 2. The van der Waals surface area contributed by atoms with Crippen LogP contribution in [0.4, 0.5) is 0 Å². The average molecular weight is 175 g/mol. The summed E-state index contributed by atoms with van der Waals surface area (Å²) >= 11 is 5.73. The minimum absolute atomic E-state index is 0.851. The molecule has 1 aliphatic rings. The summed E-state index contributed by atoms with van der Waals surface area (Å²) in [5, 5.41) is 0. The average Bonchev–Trinajstić information content (AvgIpc) is 1.85. The van der Waals surface area contributed by atoms with Gasteiger partial charge in [-0.2, -0.15) is 0 Å². The Bertz CT molecular complexity index is 101. The fourth-order valence-electron chi connectivity index (χ4n) is 2.50. The van der Waals surface area contributed by atoms with Crippen molar-refractivity contribution < 1.29 is 0 Å². The molecule has 0 amide bonds. The number of hydrogen-bond acceptors (Lipinski definition) is 0. The molecule has 66 valence electrons. The topological polar surface area (TPSA) is 0 Å². The molecule has 1 heteroatoms. The smallest absolute Gasteiger partial charge is 0.0226 e. The summed E-state index contributed by atoms with van der Waals surface area (Å²) in [6.07, 6.45) is 5.49. The zero-order valence-corrected chi connectivity index (χ0v) is 8.40. The molecule has 0 bridgehead atoms. The van der Waals surface area contributed by atoms with E-state index < -0.39 is 0 Å². The van der Waals surface area contributed by atoms with Gasteiger partial charge in [0.25, 0.3) is 0 Å². The molecule has 1 fully saturated rings. The lowest BCUT2D eigenvalue weighted by Gasteiger charge is -2.30. The second-order valence-corrected chi connectivity index (χ2v) is 4.64. The lowest BCUT2D eigenvalue weighted by Crippen LogP contribution is -2.19. The first kappa shape index (κ1) is 9.38. The minimum atomic E-state index is 0.851. The van der Waals surface area contributed by atoms with Gasteiger partial charge in [-0.15, -0.1) is 11.6 Å². The predicted molar refractivity (Wildman–Crippen MR) is 51.0 cm³/mol. The number of halogens is 1. The van der Waals surface area contributed by atoms with E-state index in [1.54, 1.807) is 0 Å². The van der Waals surface area contributed by atoms with Crippen LogP contribution in [0.15, 0.2) is 0 Å². The first-order chi connectivity index (χ1) is 5.22. The van der Waals surface area contributed by atoms with Crippen molar-refractivity contribution in [3.05, 3.63) is 0 Å². The highest BCUT2D eigenvalue weighted by molar-refractivity contribution is 6.17. The van der Waals surface area contributed by atoms with Gasteiger partial charge >= 0.3 is 0 Å². The lowest BCUT2D eigenvalue weighted by molar-refractivity contribution is 0.215. The quantitative estimate of drug-likeness (QED) is 0.561. The van der Waals surface area contributed by atoms with E-state index in [-0.39, 0.29) is 0 Å². The number of alkyl halides is 1. The second-order valence-electron chi connectivity index (χ2n) is 4.26. The lowest BCUT2D eigenvalue weighted by atomic mass is 9.76. The van der Waals surface area contributed by atoms with Crippen LogP contribution in [0.1, 0.15) is 39.5 Å². The highest BCUT2D eigenvalue weighted by Crippen LogP contribution is 2.34. The van der Waals surface area contributed by atoms with Gasteiger partial charge in [0.1, 0.15) is 0 Å². The molecule has 0 aromatic heterocycles. The van der Waals surface area contributed by atoms with Crippen LogP contribution in [0.3, 0.4) is 0 Å². The van der Waals surface area contributed by atoms with Crippen molar-refractivity contribution in [2.24, 2.45) is 17.8 Å². The summed E-state index contributed by atoms with van der Waals surface area (Å²) in [5.74, 6) is 3.65. The van der Waals surface area contributed by atoms with Crippen LogP contribution in [0.2, 0.25) is 0 Å². The molecule has 0 aromatic rings. The van der Waals surface area contributed by atoms with Crippen LogP contribution < -0.4 is 0 Å². The minimum Gasteiger partial charge on any atom is -0.127 e. The van der Waals surface area contributed by atoms with Gasteiger partial charge in [0.15, 0.2) is 0 Å². The molecule has 0 heterocycles. The van der Waals surface area contributed by atoms with Crippen molar-refractivity contribution in [1.82, 2.24) is 0 Å². The molecule has 0 radical (unpaired) electrons. The molecule has 1 saturated carbocycles. The SMILES string of the molecule is C[C@H]1CC(CCCl)C[C@H](C)C1. The third kappa shape index (κ3) is 3.02. The molecule has 0 spiro atoms. The van der Waals surface area contributed by atoms with E-state index in [0.29, 0.717) is 0 Å². The standard InChI is InChI=1S/C10H19Cl/c1-8-5-9(2)7-10(6-8)3-4-11/h8-10H,3-7H2,1-2H3/t8-,9-/m1/s1. The van der Waals surface area contributed by atoms with Crippen molar-refractivity contribution in [3.63, 3.8) is 0 Å². The maximum absolute atomic E-state index is 5.73. The van der Waals surface area contributed by atoms with Gasteiger partial charge in [0, 0.05) is 5.88 Å². The molecular formula is C10H19Cl. The van der Waals surface area contributed by atoms with Gasteiger partial charge in [0.2, 0.25) is 0 Å². The Morgan fingerprint density at radius 3 is 2.09 bits per heavy atom. The first-order valence-electron chi connectivity index (χ1n) is 4.78. The van der Waals surface area contributed by atoms with Crippen molar-refractivity contribution in [2.75, 3.05) is 5.88 Å². The van der Waals surface area contributed by atoms with Gasteiger partial charge in [-0.3, -0.25) is 0 Å². The van der Waals surface area contributed by atoms with Crippen molar-refractivity contribution in [3.8, 4) is 0 Å². The summed E-state index contributed by atoms with van der Waals surface area (Å²) in [5.41, 5.74) is 0. The van der Waals surface area contributed by atoms with E-state index in [9.17, 15) is 0 Å². The third-order valence-corrected chi connectivity index (χ3v) is 3.01. The predicted octanol–water partition coefficient (Wildman–Crippen LogP) is 3.69. The van der Waals surface area contributed by atoms with Crippen LogP contribution in [0.25, 0.3) is 0 Å². The zero-order chi connectivity index (χ0) is 8.27. The van der Waals surface area contributed by atoms with Gasteiger partial charge in [-0.05, 0) is 43.4 Å². The second kappa shape index (κ2) is 4.35. The Labute approximate surface area is 75.3 Å². The summed E-state index contributed by atoms with van der Waals surface area (Å²) in [6.45, 7) is 4.74. The Kier molecular flexibility index (Phi) is 3.71. The van der Waals surface area contributed by atoms with Crippen LogP contribution in [-0.4, -0.2) is 5.88 Å². The summed E-state index contributed by atoms with van der Waals surface area (Å²) in [6, 6.07) is 0. The molecule has 0 nitrogen and oxygen atoms in total. The fourth-order valence-corrected chi connectivity index (χ4v) is 2.81. The maximum Gasteiger partial charge on any atom is 0.0226 e. The van der Waals surface area contributed by atoms with E-state index in [1.165, 1.54) is 25.7 Å². The van der Waals surface area contributed by atoms with Gasteiger partial charge in [0.05, 0.1) is 0 Å². The van der Waals surface area contributed by atoms with Gasteiger partial charge < -0.3 is 0 Å². The van der Waals surface area contributed by atoms with Crippen LogP contribution in [0, 0.1) is 17.8 Å². The van der Waals surface area contributed by atoms with Gasteiger partial charge in [-0.1, -0.05) is 13.8 Å². The molecule has 2 atom stereocenters. The molecule has 0 saturated heterocycles. The van der Waals surface area contributed by atoms with Crippen LogP contribution in [-0.2, 0) is 0 Å². The zero-order valence-electron chi connectivity index (χ0n) is 7.65. The van der Waals surface area contributed by atoms with Crippen LogP contribution >= 0.6 is 11.6 Å². The molecule has 0 unspecified atom stereocenters. The maximum atomic E-state index is 5.73. The highest BCUT2D eigenvalue weighted by atomic mass is 35.5. The summed E-state index contributed by atoms with van der Waals surface area (Å²) in [7, 11) is 0. The van der Waals surface area contributed by atoms with E-state index in [0.717, 1.165) is 23.6 Å². The first-order valence-corrected chi connectivity index (χ1v) is 5.31. The molecule has 1 rings (SSSR count). The summed E-state index contributed by atoms with van der Waals surface area (Å²) < 4.78 is 0. The van der Waals surface area contributed by atoms with Crippen molar-refractivity contribution >= 4 is 11.6 Å².